The molecular weight excluding hydrogens is 329 g/mol. The lowest BCUT2D eigenvalue weighted by Gasteiger charge is -2.36. The van der Waals surface area contributed by atoms with Gasteiger partial charge >= 0.3 is 5.97 Å². The van der Waals surface area contributed by atoms with Gasteiger partial charge in [-0.15, -0.1) is 0 Å². The normalized spacial score (nSPS) is 22.6. The van der Waals surface area contributed by atoms with Gasteiger partial charge in [-0.2, -0.15) is 0 Å². The van der Waals surface area contributed by atoms with Crippen molar-refractivity contribution < 1.29 is 19.1 Å². The molecule has 0 spiro atoms. The standard InChI is InChI=1S/C14H15BrFNO3/c1-8-5-6-17(11(7-8)14(19)20)13(18)9-3-2-4-10(16)12(9)15/h2-4,8,11H,5-7H2,1H3,(H,19,20). The summed E-state index contributed by atoms with van der Waals surface area (Å²) in [4.78, 5) is 25.1. The van der Waals surface area contributed by atoms with Crippen molar-refractivity contribution in [1.29, 1.82) is 0 Å². The summed E-state index contributed by atoms with van der Waals surface area (Å²) in [6.07, 6.45) is 1.18. The van der Waals surface area contributed by atoms with Crippen LogP contribution in [0.25, 0.3) is 0 Å². The number of nitrogens with zero attached hydrogens (tertiary/aromatic N) is 1. The molecule has 0 bridgehead atoms. The smallest absolute Gasteiger partial charge is 0.326 e. The maximum absolute atomic E-state index is 13.5. The lowest BCUT2D eigenvalue weighted by molar-refractivity contribution is -0.144. The van der Waals surface area contributed by atoms with E-state index in [0.717, 1.165) is 6.42 Å². The highest BCUT2D eigenvalue weighted by molar-refractivity contribution is 9.10. The zero-order valence-electron chi connectivity index (χ0n) is 11.0. The molecule has 1 heterocycles. The molecule has 1 N–H and O–H groups in total. The van der Waals surface area contributed by atoms with Gasteiger partial charge in [0.1, 0.15) is 11.9 Å². The second kappa shape index (κ2) is 5.91. The number of halogens is 2. The molecule has 1 aromatic carbocycles. The molecule has 20 heavy (non-hydrogen) atoms. The third kappa shape index (κ3) is 2.85. The third-order valence-electron chi connectivity index (χ3n) is 3.59. The summed E-state index contributed by atoms with van der Waals surface area (Å²) in [5.74, 6) is -1.74. The van der Waals surface area contributed by atoms with Crippen LogP contribution in [0.2, 0.25) is 0 Å². The lowest BCUT2D eigenvalue weighted by Crippen LogP contribution is -2.49. The van der Waals surface area contributed by atoms with Crippen LogP contribution in [0.3, 0.4) is 0 Å². The molecule has 6 heteroatoms. The molecular formula is C14H15BrFNO3. The average Bonchev–Trinajstić information content (AvgIpc) is 2.41. The van der Waals surface area contributed by atoms with Gasteiger partial charge in [-0.05, 0) is 46.8 Å². The molecule has 0 aliphatic carbocycles. The maximum Gasteiger partial charge on any atom is 0.326 e. The van der Waals surface area contributed by atoms with E-state index in [9.17, 15) is 19.1 Å². The molecule has 1 saturated heterocycles. The van der Waals surface area contributed by atoms with Crippen LogP contribution >= 0.6 is 15.9 Å². The highest BCUT2D eigenvalue weighted by Crippen LogP contribution is 2.27. The second-order valence-electron chi connectivity index (χ2n) is 5.08. The Hall–Kier alpha value is -1.43. The molecule has 1 amide bonds. The molecule has 1 fully saturated rings. The molecule has 4 nitrogen and oxygen atoms in total. The molecule has 1 aromatic rings. The first-order valence-corrected chi connectivity index (χ1v) is 7.19. The van der Waals surface area contributed by atoms with Gasteiger partial charge < -0.3 is 10.0 Å². The number of carboxylic acids is 1. The van der Waals surface area contributed by atoms with Crippen molar-refractivity contribution in [2.45, 2.75) is 25.8 Å². The van der Waals surface area contributed by atoms with E-state index in [4.69, 9.17) is 0 Å². The largest absolute Gasteiger partial charge is 0.480 e. The lowest BCUT2D eigenvalue weighted by atomic mass is 9.92. The molecule has 108 valence electrons. The third-order valence-corrected chi connectivity index (χ3v) is 4.40. The molecule has 2 unspecified atom stereocenters. The fourth-order valence-electron chi connectivity index (χ4n) is 2.44. The van der Waals surface area contributed by atoms with Crippen LogP contribution in [0, 0.1) is 11.7 Å². The number of benzene rings is 1. The highest BCUT2D eigenvalue weighted by Gasteiger charge is 2.35. The molecule has 0 saturated carbocycles. The number of hydrogen-bond donors (Lipinski definition) is 1. The minimum atomic E-state index is -1.02. The van der Waals surface area contributed by atoms with E-state index in [1.807, 2.05) is 6.92 Å². The Morgan fingerprint density at radius 1 is 1.45 bits per heavy atom. The van der Waals surface area contributed by atoms with Crippen LogP contribution in [0.5, 0.6) is 0 Å². The van der Waals surface area contributed by atoms with Crippen LogP contribution in [0.4, 0.5) is 4.39 Å². The average molecular weight is 344 g/mol. The number of amides is 1. The Balaban J connectivity index is 2.31. The molecule has 1 aliphatic rings. The number of carboxylic acid groups (broad SMARTS) is 1. The van der Waals surface area contributed by atoms with E-state index < -0.39 is 23.7 Å². The van der Waals surface area contributed by atoms with Crippen LogP contribution in [0.15, 0.2) is 22.7 Å². The van der Waals surface area contributed by atoms with Crippen molar-refractivity contribution in [3.05, 3.63) is 34.1 Å². The minimum absolute atomic E-state index is 0.0766. The van der Waals surface area contributed by atoms with Crippen LogP contribution < -0.4 is 0 Å². The Kier molecular flexibility index (Phi) is 4.42. The zero-order valence-corrected chi connectivity index (χ0v) is 12.6. The summed E-state index contributed by atoms with van der Waals surface area (Å²) in [5, 5.41) is 9.27. The topological polar surface area (TPSA) is 57.6 Å². The summed E-state index contributed by atoms with van der Waals surface area (Å²) < 4.78 is 13.6. The Labute approximate surface area is 124 Å². The summed E-state index contributed by atoms with van der Waals surface area (Å²) in [5.41, 5.74) is 0.158. The molecule has 1 aliphatic heterocycles. The van der Waals surface area contributed by atoms with Crippen molar-refractivity contribution in [3.8, 4) is 0 Å². The first kappa shape index (κ1) is 15.0. The van der Waals surface area contributed by atoms with Crippen LogP contribution in [-0.4, -0.2) is 34.5 Å². The van der Waals surface area contributed by atoms with Crippen LogP contribution in [-0.2, 0) is 4.79 Å². The predicted molar refractivity (Wildman–Crippen MR) is 75.0 cm³/mol. The molecule has 2 atom stereocenters. The highest BCUT2D eigenvalue weighted by atomic mass is 79.9. The van der Waals surface area contributed by atoms with E-state index in [-0.39, 0.29) is 16.0 Å². The number of piperidine rings is 1. The molecule has 0 radical (unpaired) electrons. The van der Waals surface area contributed by atoms with Gasteiger partial charge in [0.15, 0.2) is 0 Å². The van der Waals surface area contributed by atoms with Crippen molar-refractivity contribution in [2.75, 3.05) is 6.54 Å². The quantitative estimate of drug-likeness (QED) is 0.898. The van der Waals surface area contributed by atoms with Gasteiger partial charge in [0, 0.05) is 6.54 Å². The van der Waals surface area contributed by atoms with Crippen molar-refractivity contribution in [3.63, 3.8) is 0 Å². The molecule has 0 aromatic heterocycles. The number of aliphatic carboxylic acids is 1. The first-order valence-electron chi connectivity index (χ1n) is 6.39. The van der Waals surface area contributed by atoms with Gasteiger partial charge in [0.2, 0.25) is 0 Å². The fourth-order valence-corrected chi connectivity index (χ4v) is 2.88. The first-order chi connectivity index (χ1) is 9.41. The maximum atomic E-state index is 13.5. The van der Waals surface area contributed by atoms with Gasteiger partial charge in [0.05, 0.1) is 10.0 Å². The van der Waals surface area contributed by atoms with Gasteiger partial charge in [-0.1, -0.05) is 13.0 Å². The number of likely N-dealkylation sites (tertiary alicyclic amines) is 1. The monoisotopic (exact) mass is 343 g/mol. The summed E-state index contributed by atoms with van der Waals surface area (Å²) >= 11 is 3.05. The van der Waals surface area contributed by atoms with Gasteiger partial charge in [-0.25, -0.2) is 9.18 Å². The summed E-state index contributed by atoms with van der Waals surface area (Å²) in [6.45, 7) is 2.34. The van der Waals surface area contributed by atoms with Gasteiger partial charge in [-0.3, -0.25) is 4.79 Å². The van der Waals surface area contributed by atoms with E-state index >= 15 is 0 Å². The number of carbonyl (C=O) groups is 2. The summed E-state index contributed by atoms with van der Waals surface area (Å²) in [6, 6.07) is 3.33. The number of hydrogen-bond acceptors (Lipinski definition) is 2. The Morgan fingerprint density at radius 2 is 2.15 bits per heavy atom. The predicted octanol–water partition coefficient (Wildman–Crippen LogP) is 2.91. The van der Waals surface area contributed by atoms with E-state index in [0.29, 0.717) is 13.0 Å². The number of rotatable bonds is 2. The number of carbonyl (C=O) groups excluding carboxylic acids is 1. The SMILES string of the molecule is CC1CCN(C(=O)c2cccc(F)c2Br)C(C(=O)O)C1. The van der Waals surface area contributed by atoms with Crippen molar-refractivity contribution >= 4 is 27.8 Å². The second-order valence-corrected chi connectivity index (χ2v) is 5.88. The fraction of sp³-hybridized carbons (Fsp3) is 0.429. The summed E-state index contributed by atoms with van der Waals surface area (Å²) in [7, 11) is 0. The minimum Gasteiger partial charge on any atom is -0.480 e. The molecule has 2 rings (SSSR count). The van der Waals surface area contributed by atoms with Crippen molar-refractivity contribution in [1.82, 2.24) is 4.90 Å². The van der Waals surface area contributed by atoms with Crippen molar-refractivity contribution in [2.24, 2.45) is 5.92 Å². The van der Waals surface area contributed by atoms with E-state index in [1.54, 1.807) is 0 Å². The van der Waals surface area contributed by atoms with E-state index in [2.05, 4.69) is 15.9 Å². The van der Waals surface area contributed by atoms with E-state index in [1.165, 1.54) is 23.1 Å². The zero-order chi connectivity index (χ0) is 14.9. The van der Waals surface area contributed by atoms with Crippen LogP contribution in [0.1, 0.15) is 30.1 Å². The Morgan fingerprint density at radius 3 is 2.80 bits per heavy atom. The Bertz CT molecular complexity index is 549. The van der Waals surface area contributed by atoms with Gasteiger partial charge in [0.25, 0.3) is 5.91 Å².